The largest absolute Gasteiger partial charge is 0.496 e. The highest BCUT2D eigenvalue weighted by atomic mass is 16.5. The van der Waals surface area contributed by atoms with Gasteiger partial charge in [-0.3, -0.25) is 5.84 Å². The number of nitrogens with two attached hydrogens (primary N) is 1. The highest BCUT2D eigenvalue weighted by Crippen LogP contribution is 2.31. The summed E-state index contributed by atoms with van der Waals surface area (Å²) in [6, 6.07) is 13.9. The SMILES string of the molecule is CCOc1cccc(C(NN)c2ccc(C)cc2OC)c1. The molecule has 0 aliphatic rings. The Labute approximate surface area is 125 Å². The molecule has 0 amide bonds. The molecule has 112 valence electrons. The van der Waals surface area contributed by atoms with Gasteiger partial charge in [-0.25, -0.2) is 5.43 Å². The lowest BCUT2D eigenvalue weighted by Gasteiger charge is -2.20. The third kappa shape index (κ3) is 3.54. The normalized spacial score (nSPS) is 12.0. The zero-order chi connectivity index (χ0) is 15.2. The molecular formula is C17H22N2O2. The van der Waals surface area contributed by atoms with Crippen LogP contribution in [-0.2, 0) is 0 Å². The number of hydrazine groups is 1. The molecule has 0 bridgehead atoms. The van der Waals surface area contributed by atoms with Gasteiger partial charge < -0.3 is 9.47 Å². The smallest absolute Gasteiger partial charge is 0.124 e. The van der Waals surface area contributed by atoms with Crippen LogP contribution in [0.5, 0.6) is 11.5 Å². The van der Waals surface area contributed by atoms with Gasteiger partial charge in [0.15, 0.2) is 0 Å². The third-order valence-electron chi connectivity index (χ3n) is 3.37. The molecule has 21 heavy (non-hydrogen) atoms. The van der Waals surface area contributed by atoms with Crippen molar-refractivity contribution in [2.24, 2.45) is 5.84 Å². The summed E-state index contributed by atoms with van der Waals surface area (Å²) in [5.74, 6) is 7.43. The topological polar surface area (TPSA) is 56.5 Å². The van der Waals surface area contributed by atoms with Crippen LogP contribution in [0, 0.1) is 6.92 Å². The molecule has 0 aliphatic heterocycles. The first-order chi connectivity index (χ1) is 10.2. The predicted octanol–water partition coefficient (Wildman–Crippen LogP) is 2.96. The molecule has 0 aromatic heterocycles. The van der Waals surface area contributed by atoms with E-state index in [1.807, 2.05) is 50.2 Å². The number of hydrogen-bond acceptors (Lipinski definition) is 4. The Balaban J connectivity index is 2.42. The molecule has 0 radical (unpaired) electrons. The highest BCUT2D eigenvalue weighted by Gasteiger charge is 2.17. The van der Waals surface area contributed by atoms with Gasteiger partial charge in [-0.05, 0) is 43.2 Å². The van der Waals surface area contributed by atoms with Crippen molar-refractivity contribution < 1.29 is 9.47 Å². The zero-order valence-electron chi connectivity index (χ0n) is 12.7. The summed E-state index contributed by atoms with van der Waals surface area (Å²) in [5.41, 5.74) is 6.04. The lowest BCUT2D eigenvalue weighted by atomic mass is 9.97. The monoisotopic (exact) mass is 286 g/mol. The Kier molecular flexibility index (Phi) is 5.20. The van der Waals surface area contributed by atoms with Gasteiger partial charge in [0, 0.05) is 5.56 Å². The molecule has 1 unspecified atom stereocenters. The van der Waals surface area contributed by atoms with Crippen LogP contribution in [-0.4, -0.2) is 13.7 Å². The quantitative estimate of drug-likeness (QED) is 0.633. The zero-order valence-corrected chi connectivity index (χ0v) is 12.7. The molecule has 1 atom stereocenters. The Morgan fingerprint density at radius 2 is 2.00 bits per heavy atom. The van der Waals surface area contributed by atoms with Gasteiger partial charge >= 0.3 is 0 Å². The van der Waals surface area contributed by atoms with Crippen molar-refractivity contribution in [3.63, 3.8) is 0 Å². The van der Waals surface area contributed by atoms with Crippen LogP contribution in [0.15, 0.2) is 42.5 Å². The standard InChI is InChI=1S/C17H22N2O2/c1-4-21-14-7-5-6-13(11-14)17(19-18)15-9-8-12(2)10-16(15)20-3/h5-11,17,19H,4,18H2,1-3H3. The molecule has 0 heterocycles. The summed E-state index contributed by atoms with van der Waals surface area (Å²) in [6.07, 6.45) is 0. The fourth-order valence-corrected chi connectivity index (χ4v) is 2.37. The molecule has 0 saturated carbocycles. The summed E-state index contributed by atoms with van der Waals surface area (Å²) in [7, 11) is 1.67. The van der Waals surface area contributed by atoms with Crippen molar-refractivity contribution in [2.75, 3.05) is 13.7 Å². The maximum Gasteiger partial charge on any atom is 0.124 e. The molecular weight excluding hydrogens is 264 g/mol. The predicted molar refractivity (Wildman–Crippen MR) is 84.5 cm³/mol. The van der Waals surface area contributed by atoms with Crippen molar-refractivity contribution in [1.82, 2.24) is 5.43 Å². The molecule has 3 N–H and O–H groups in total. The lowest BCUT2D eigenvalue weighted by molar-refractivity contribution is 0.339. The highest BCUT2D eigenvalue weighted by molar-refractivity contribution is 5.45. The summed E-state index contributed by atoms with van der Waals surface area (Å²) in [5, 5.41) is 0. The molecule has 0 fully saturated rings. The molecule has 2 rings (SSSR count). The van der Waals surface area contributed by atoms with Crippen LogP contribution in [0.2, 0.25) is 0 Å². The van der Waals surface area contributed by atoms with Crippen LogP contribution in [0.1, 0.15) is 29.7 Å². The van der Waals surface area contributed by atoms with Crippen LogP contribution >= 0.6 is 0 Å². The number of nitrogens with one attached hydrogen (secondary N) is 1. The minimum atomic E-state index is -0.152. The number of ether oxygens (including phenoxy) is 2. The molecule has 4 heteroatoms. The average Bonchev–Trinajstić information content (AvgIpc) is 2.50. The number of benzene rings is 2. The van der Waals surface area contributed by atoms with Crippen molar-refractivity contribution in [3.8, 4) is 11.5 Å². The van der Waals surface area contributed by atoms with Gasteiger partial charge in [0.25, 0.3) is 0 Å². The van der Waals surface area contributed by atoms with Gasteiger partial charge in [-0.1, -0.05) is 24.3 Å². The minimum Gasteiger partial charge on any atom is -0.496 e. The van der Waals surface area contributed by atoms with E-state index >= 15 is 0 Å². The van der Waals surface area contributed by atoms with Crippen molar-refractivity contribution >= 4 is 0 Å². The lowest BCUT2D eigenvalue weighted by Crippen LogP contribution is -2.29. The van der Waals surface area contributed by atoms with Crippen molar-refractivity contribution in [2.45, 2.75) is 19.9 Å². The second kappa shape index (κ2) is 7.11. The fraction of sp³-hybridized carbons (Fsp3) is 0.294. The second-order valence-corrected chi connectivity index (χ2v) is 4.85. The first-order valence-corrected chi connectivity index (χ1v) is 7.03. The summed E-state index contributed by atoms with van der Waals surface area (Å²) < 4.78 is 11.0. The van der Waals surface area contributed by atoms with E-state index in [-0.39, 0.29) is 6.04 Å². The van der Waals surface area contributed by atoms with E-state index in [1.54, 1.807) is 7.11 Å². The van der Waals surface area contributed by atoms with Crippen LogP contribution in [0.4, 0.5) is 0 Å². The van der Waals surface area contributed by atoms with Gasteiger partial charge in [-0.15, -0.1) is 0 Å². The van der Waals surface area contributed by atoms with Gasteiger partial charge in [0.1, 0.15) is 11.5 Å². The minimum absolute atomic E-state index is 0.152. The summed E-state index contributed by atoms with van der Waals surface area (Å²) in [6.45, 7) is 4.64. The van der Waals surface area contributed by atoms with Crippen LogP contribution in [0.3, 0.4) is 0 Å². The van der Waals surface area contributed by atoms with E-state index in [2.05, 4.69) is 11.5 Å². The molecule has 0 aliphatic carbocycles. The maximum atomic E-state index is 5.78. The van der Waals surface area contributed by atoms with E-state index in [0.717, 1.165) is 28.2 Å². The summed E-state index contributed by atoms with van der Waals surface area (Å²) >= 11 is 0. The average molecular weight is 286 g/mol. The molecule has 2 aromatic rings. The maximum absolute atomic E-state index is 5.78. The van der Waals surface area contributed by atoms with Crippen LogP contribution < -0.4 is 20.7 Å². The second-order valence-electron chi connectivity index (χ2n) is 4.85. The molecule has 4 nitrogen and oxygen atoms in total. The summed E-state index contributed by atoms with van der Waals surface area (Å²) in [4.78, 5) is 0. The third-order valence-corrected chi connectivity index (χ3v) is 3.37. The Bertz CT molecular complexity index is 599. The molecule has 2 aromatic carbocycles. The van der Waals surface area contributed by atoms with Crippen molar-refractivity contribution in [1.29, 1.82) is 0 Å². The Morgan fingerprint density at radius 3 is 2.67 bits per heavy atom. The van der Waals surface area contributed by atoms with Gasteiger partial charge in [-0.2, -0.15) is 0 Å². The fourth-order valence-electron chi connectivity index (χ4n) is 2.37. The van der Waals surface area contributed by atoms with Crippen molar-refractivity contribution in [3.05, 3.63) is 59.2 Å². The van der Waals surface area contributed by atoms with E-state index in [9.17, 15) is 0 Å². The Hall–Kier alpha value is -2.04. The first-order valence-electron chi connectivity index (χ1n) is 7.03. The molecule has 0 spiro atoms. The van der Waals surface area contributed by atoms with Gasteiger partial charge in [0.05, 0.1) is 19.8 Å². The van der Waals surface area contributed by atoms with Gasteiger partial charge in [0.2, 0.25) is 0 Å². The van der Waals surface area contributed by atoms with E-state index in [0.29, 0.717) is 6.61 Å². The van der Waals surface area contributed by atoms with E-state index in [1.165, 1.54) is 0 Å². The van der Waals surface area contributed by atoms with E-state index in [4.69, 9.17) is 15.3 Å². The molecule has 0 saturated heterocycles. The van der Waals surface area contributed by atoms with Crippen LogP contribution in [0.25, 0.3) is 0 Å². The first kappa shape index (κ1) is 15.4. The number of aryl methyl sites for hydroxylation is 1. The Morgan fingerprint density at radius 1 is 1.19 bits per heavy atom. The number of methoxy groups -OCH3 is 1. The number of rotatable bonds is 6. The van der Waals surface area contributed by atoms with E-state index < -0.39 is 0 Å². The number of hydrogen-bond donors (Lipinski definition) is 2.